The van der Waals surface area contributed by atoms with Crippen molar-refractivity contribution in [1.82, 2.24) is 0 Å². The molecule has 0 saturated carbocycles. The maximum absolute atomic E-state index is 12.4. The maximum atomic E-state index is 12.4. The lowest BCUT2D eigenvalue weighted by Crippen LogP contribution is -2.25. The van der Waals surface area contributed by atoms with Crippen LogP contribution in [0.3, 0.4) is 0 Å². The number of aldehydes is 1. The molecule has 1 aromatic carbocycles. The molecule has 2 aromatic heterocycles. The summed E-state index contributed by atoms with van der Waals surface area (Å²) < 4.78 is 36.6. The van der Waals surface area contributed by atoms with Gasteiger partial charge in [0.05, 0.1) is 5.39 Å². The van der Waals surface area contributed by atoms with Crippen LogP contribution in [0.15, 0.2) is 35.0 Å². The minimum atomic E-state index is -2.95. The van der Waals surface area contributed by atoms with E-state index in [-0.39, 0.29) is 11.3 Å². The number of rotatable bonds is 3. The van der Waals surface area contributed by atoms with Gasteiger partial charge in [0.1, 0.15) is 12.6 Å². The fourth-order valence-electron chi connectivity index (χ4n) is 2.22. The number of benzene rings is 1. The lowest BCUT2D eigenvalue weighted by molar-refractivity contribution is -0.670. The van der Waals surface area contributed by atoms with Gasteiger partial charge < -0.3 is 9.15 Å². The van der Waals surface area contributed by atoms with E-state index in [1.54, 1.807) is 23.0 Å². The van der Waals surface area contributed by atoms with Gasteiger partial charge in [-0.3, -0.25) is 4.79 Å². The van der Waals surface area contributed by atoms with Gasteiger partial charge in [-0.15, -0.1) is 0 Å². The summed E-state index contributed by atoms with van der Waals surface area (Å²) >= 11 is 0. The topological polar surface area (TPSA) is 43.3 Å². The number of hydrogen-bond acceptors (Lipinski definition) is 3. The third kappa shape index (κ3) is 1.89. The smallest absolute Gasteiger partial charge is 0.387 e. The van der Waals surface area contributed by atoms with Gasteiger partial charge in [0, 0.05) is 17.0 Å². The Kier molecular flexibility index (Phi) is 2.85. The summed E-state index contributed by atoms with van der Waals surface area (Å²) in [5.41, 5.74) is 1.02. The number of ether oxygens (including phenoxy) is 1. The molecule has 6 heteroatoms. The minimum absolute atomic E-state index is 0.0838. The van der Waals surface area contributed by atoms with E-state index in [4.69, 9.17) is 4.42 Å². The van der Waals surface area contributed by atoms with Crippen molar-refractivity contribution in [2.75, 3.05) is 0 Å². The summed E-state index contributed by atoms with van der Waals surface area (Å²) in [5.74, 6) is -0.0838. The van der Waals surface area contributed by atoms with Crippen LogP contribution in [-0.4, -0.2) is 12.9 Å². The molecule has 102 valence electrons. The summed E-state index contributed by atoms with van der Waals surface area (Å²) in [4.78, 5) is 11.1. The summed E-state index contributed by atoms with van der Waals surface area (Å²) in [6, 6.07) is 4.45. The first-order valence-corrected chi connectivity index (χ1v) is 5.84. The number of alkyl halides is 2. The number of nitrogens with zero attached hydrogens (tertiary/aromatic N) is 1. The highest BCUT2D eigenvalue weighted by Gasteiger charge is 2.19. The molecule has 3 rings (SSSR count). The molecule has 0 spiro atoms. The summed E-state index contributed by atoms with van der Waals surface area (Å²) in [5, 5.41) is 1.15. The number of carbonyl (C=O) groups is 1. The van der Waals surface area contributed by atoms with Crippen LogP contribution in [-0.2, 0) is 7.05 Å². The van der Waals surface area contributed by atoms with Crippen LogP contribution >= 0.6 is 0 Å². The molecule has 0 radical (unpaired) electrons. The van der Waals surface area contributed by atoms with E-state index in [2.05, 4.69) is 4.74 Å². The molecule has 0 aliphatic carbocycles. The van der Waals surface area contributed by atoms with Crippen molar-refractivity contribution in [2.45, 2.75) is 6.61 Å². The van der Waals surface area contributed by atoms with E-state index >= 15 is 0 Å². The molecule has 2 heterocycles. The molecule has 0 aliphatic heterocycles. The highest BCUT2D eigenvalue weighted by atomic mass is 19.3. The normalized spacial score (nSPS) is 11.4. The third-order valence-electron chi connectivity index (χ3n) is 3.04. The largest absolute Gasteiger partial charge is 0.452 e. The van der Waals surface area contributed by atoms with Gasteiger partial charge in [-0.05, 0) is 12.1 Å². The van der Waals surface area contributed by atoms with E-state index in [9.17, 15) is 13.6 Å². The predicted octanol–water partition coefficient (Wildman–Crippen LogP) is 2.82. The number of aromatic nitrogens is 1. The Hall–Kier alpha value is -2.50. The Bertz CT molecular complexity index is 811. The van der Waals surface area contributed by atoms with Crippen molar-refractivity contribution >= 4 is 28.2 Å². The summed E-state index contributed by atoms with van der Waals surface area (Å²) in [7, 11) is 1.82. The zero-order chi connectivity index (χ0) is 14.3. The molecule has 0 fully saturated rings. The van der Waals surface area contributed by atoms with Gasteiger partial charge in [-0.25, -0.2) is 4.57 Å². The lowest BCUT2D eigenvalue weighted by atomic mass is 10.1. The fourth-order valence-corrected chi connectivity index (χ4v) is 2.22. The second-order valence-electron chi connectivity index (χ2n) is 4.34. The van der Waals surface area contributed by atoms with Crippen LogP contribution in [0.5, 0.6) is 5.75 Å². The molecule has 0 bridgehead atoms. The van der Waals surface area contributed by atoms with Crippen molar-refractivity contribution in [3.05, 3.63) is 36.2 Å². The highest BCUT2D eigenvalue weighted by molar-refractivity contribution is 6.13. The number of furan rings is 1. The number of halogens is 2. The van der Waals surface area contributed by atoms with Crippen LogP contribution in [0.25, 0.3) is 21.9 Å². The van der Waals surface area contributed by atoms with Crippen LogP contribution in [0.2, 0.25) is 0 Å². The standard InChI is InChI=1S/C14H10F2NO3/c1-17-5-4-10-9(6-17)12-8(7-18)2-3-11(13(12)19-10)20-14(15)16/h2-7,14H,1H3/q+1. The van der Waals surface area contributed by atoms with Crippen LogP contribution in [0.1, 0.15) is 10.4 Å². The maximum Gasteiger partial charge on any atom is 0.387 e. The van der Waals surface area contributed by atoms with Gasteiger partial charge in [-0.1, -0.05) is 0 Å². The van der Waals surface area contributed by atoms with Crippen molar-refractivity contribution < 1.29 is 27.3 Å². The number of fused-ring (bicyclic) bond motifs is 3. The molecule has 0 saturated heterocycles. The molecule has 3 aromatic rings. The Morgan fingerprint density at radius 1 is 1.35 bits per heavy atom. The van der Waals surface area contributed by atoms with Crippen molar-refractivity contribution in [1.29, 1.82) is 0 Å². The molecule has 0 unspecified atom stereocenters. The molecule has 0 amide bonds. The third-order valence-corrected chi connectivity index (χ3v) is 3.04. The number of aryl methyl sites for hydroxylation is 1. The number of carbonyl (C=O) groups excluding carboxylic acids is 1. The zero-order valence-electron chi connectivity index (χ0n) is 10.5. The lowest BCUT2D eigenvalue weighted by Gasteiger charge is -2.05. The van der Waals surface area contributed by atoms with E-state index < -0.39 is 6.61 Å². The molecule has 0 atom stereocenters. The fraction of sp³-hybridized carbons (Fsp3) is 0.143. The van der Waals surface area contributed by atoms with E-state index in [0.717, 1.165) is 0 Å². The van der Waals surface area contributed by atoms with Crippen LogP contribution in [0, 0.1) is 0 Å². The average Bonchev–Trinajstić information content (AvgIpc) is 2.78. The van der Waals surface area contributed by atoms with Gasteiger partial charge in [0.25, 0.3) is 0 Å². The van der Waals surface area contributed by atoms with Gasteiger partial charge in [0.15, 0.2) is 30.0 Å². The second-order valence-corrected chi connectivity index (χ2v) is 4.34. The first-order chi connectivity index (χ1) is 9.60. The Labute approximate surface area is 112 Å². The average molecular weight is 278 g/mol. The summed E-state index contributed by atoms with van der Waals surface area (Å²) in [6.07, 6.45) is 4.19. The monoisotopic (exact) mass is 278 g/mol. The van der Waals surface area contributed by atoms with Gasteiger partial charge in [0.2, 0.25) is 0 Å². The molecule has 4 nitrogen and oxygen atoms in total. The minimum Gasteiger partial charge on any atom is -0.452 e. The Morgan fingerprint density at radius 3 is 2.85 bits per heavy atom. The molecular formula is C14H10F2NO3+. The quantitative estimate of drug-likeness (QED) is 0.546. The Morgan fingerprint density at radius 2 is 2.15 bits per heavy atom. The van der Waals surface area contributed by atoms with Crippen molar-refractivity contribution in [2.24, 2.45) is 7.05 Å². The first-order valence-electron chi connectivity index (χ1n) is 5.84. The van der Waals surface area contributed by atoms with E-state index in [0.29, 0.717) is 28.2 Å². The van der Waals surface area contributed by atoms with Gasteiger partial charge in [-0.2, -0.15) is 8.78 Å². The number of hydrogen-bond donors (Lipinski definition) is 0. The molecule has 20 heavy (non-hydrogen) atoms. The van der Waals surface area contributed by atoms with Crippen molar-refractivity contribution in [3.8, 4) is 5.75 Å². The van der Waals surface area contributed by atoms with Gasteiger partial charge >= 0.3 is 6.61 Å². The van der Waals surface area contributed by atoms with Crippen LogP contribution < -0.4 is 9.30 Å². The molecule has 0 aliphatic rings. The summed E-state index contributed by atoms with van der Waals surface area (Å²) in [6.45, 7) is -2.95. The van der Waals surface area contributed by atoms with Crippen molar-refractivity contribution in [3.63, 3.8) is 0 Å². The highest BCUT2D eigenvalue weighted by Crippen LogP contribution is 2.36. The van der Waals surface area contributed by atoms with Crippen LogP contribution in [0.4, 0.5) is 8.78 Å². The van der Waals surface area contributed by atoms with E-state index in [1.807, 2.05) is 7.05 Å². The first kappa shape index (κ1) is 12.5. The molecule has 0 N–H and O–H groups in total. The Balaban J connectivity index is 2.41. The second kappa shape index (κ2) is 4.56. The predicted molar refractivity (Wildman–Crippen MR) is 66.9 cm³/mol. The SMILES string of the molecule is C[n+]1ccc2oc3c(OC(F)F)ccc(C=O)c3c2c1. The number of pyridine rings is 1. The zero-order valence-corrected chi connectivity index (χ0v) is 10.5. The van der Waals surface area contributed by atoms with E-state index in [1.165, 1.54) is 12.1 Å². The molecular weight excluding hydrogens is 268 g/mol.